The molecule has 2 saturated heterocycles. The number of nitrogens with one attached hydrogen (secondary N) is 2. The third-order valence-corrected chi connectivity index (χ3v) is 4.18. The monoisotopic (exact) mass is 245 g/mol. The summed E-state index contributed by atoms with van der Waals surface area (Å²) in [6.45, 7) is 2.56. The summed E-state index contributed by atoms with van der Waals surface area (Å²) in [6.07, 6.45) is 5.14. The van der Waals surface area contributed by atoms with E-state index in [4.69, 9.17) is 0 Å². The minimum Gasteiger partial charge on any atom is -0.350 e. The van der Waals surface area contributed by atoms with Gasteiger partial charge >= 0.3 is 0 Å². The van der Waals surface area contributed by atoms with Gasteiger partial charge < -0.3 is 10.6 Å². The van der Waals surface area contributed by atoms with Crippen LogP contribution in [0.4, 0.5) is 0 Å². The second-order valence-corrected chi connectivity index (χ2v) is 5.37. The lowest BCUT2D eigenvalue weighted by Crippen LogP contribution is -2.37. The van der Waals surface area contributed by atoms with Crippen molar-refractivity contribution in [2.45, 2.75) is 44.8 Å². The Morgan fingerprint density at radius 3 is 3.11 bits per heavy atom. The molecule has 1 aromatic heterocycles. The fourth-order valence-corrected chi connectivity index (χ4v) is 3.12. The number of rotatable bonds is 3. The first-order valence-electron chi connectivity index (χ1n) is 6.68. The molecule has 1 aromatic rings. The van der Waals surface area contributed by atoms with E-state index >= 15 is 0 Å². The molecule has 3 atom stereocenters. The normalized spacial score (nSPS) is 29.5. The number of aromatic nitrogens is 1. The number of pyridine rings is 1. The highest BCUT2D eigenvalue weighted by molar-refractivity contribution is 5.80. The molecule has 3 heterocycles. The highest BCUT2D eigenvalue weighted by Gasteiger charge is 2.42. The topological polar surface area (TPSA) is 54.0 Å². The average Bonchev–Trinajstić information content (AvgIpc) is 2.99. The van der Waals surface area contributed by atoms with Gasteiger partial charge in [-0.05, 0) is 37.8 Å². The van der Waals surface area contributed by atoms with Gasteiger partial charge in [-0.3, -0.25) is 9.78 Å². The summed E-state index contributed by atoms with van der Waals surface area (Å²) >= 11 is 0. The van der Waals surface area contributed by atoms with Crippen molar-refractivity contribution in [1.82, 2.24) is 15.6 Å². The van der Waals surface area contributed by atoms with Crippen LogP contribution in [0.3, 0.4) is 0 Å². The van der Waals surface area contributed by atoms with Gasteiger partial charge in [0.2, 0.25) is 5.91 Å². The van der Waals surface area contributed by atoms with Crippen LogP contribution in [0.25, 0.3) is 0 Å². The molecule has 0 aromatic carbocycles. The molecule has 2 aliphatic rings. The van der Waals surface area contributed by atoms with Crippen molar-refractivity contribution >= 4 is 5.91 Å². The summed E-state index contributed by atoms with van der Waals surface area (Å²) in [5.74, 6) is 0.340. The van der Waals surface area contributed by atoms with E-state index in [9.17, 15) is 4.79 Å². The van der Waals surface area contributed by atoms with Crippen molar-refractivity contribution in [3.05, 3.63) is 29.6 Å². The molecule has 3 rings (SSSR count). The minimum atomic E-state index is 0.160. The summed E-state index contributed by atoms with van der Waals surface area (Å²) in [7, 11) is 0. The largest absolute Gasteiger partial charge is 0.350 e. The van der Waals surface area contributed by atoms with Gasteiger partial charge in [-0.15, -0.1) is 0 Å². The molecule has 0 saturated carbocycles. The second kappa shape index (κ2) is 4.69. The number of hydrogen-bond donors (Lipinski definition) is 2. The van der Waals surface area contributed by atoms with Crippen LogP contribution < -0.4 is 10.6 Å². The Bertz CT molecular complexity index is 460. The van der Waals surface area contributed by atoms with Gasteiger partial charge in [-0.2, -0.15) is 0 Å². The number of carbonyl (C=O) groups excluding carboxylic acids is 1. The van der Waals surface area contributed by atoms with Crippen molar-refractivity contribution in [3.8, 4) is 0 Å². The van der Waals surface area contributed by atoms with Crippen LogP contribution in [0.2, 0.25) is 0 Å². The molecule has 2 bridgehead atoms. The standard InChI is InChI=1S/C14H19N3O/c1-9-3-2-6-15-13(9)8-16-14(18)11-7-10-4-5-12(11)17-10/h2-3,6,10-12,17H,4-5,7-8H2,1H3,(H,16,18). The average molecular weight is 245 g/mol. The van der Waals surface area contributed by atoms with Crippen LogP contribution in [0.1, 0.15) is 30.5 Å². The molecule has 2 fully saturated rings. The lowest BCUT2D eigenvalue weighted by atomic mass is 9.88. The zero-order chi connectivity index (χ0) is 12.5. The van der Waals surface area contributed by atoms with Crippen LogP contribution in [0, 0.1) is 12.8 Å². The van der Waals surface area contributed by atoms with Crippen LogP contribution in [-0.2, 0) is 11.3 Å². The van der Waals surface area contributed by atoms with Gasteiger partial charge in [0.05, 0.1) is 18.2 Å². The highest BCUT2D eigenvalue weighted by Crippen LogP contribution is 2.33. The van der Waals surface area contributed by atoms with Gasteiger partial charge in [0.15, 0.2) is 0 Å². The quantitative estimate of drug-likeness (QED) is 0.840. The van der Waals surface area contributed by atoms with Crippen molar-refractivity contribution < 1.29 is 4.79 Å². The Hall–Kier alpha value is -1.42. The summed E-state index contributed by atoms with van der Waals surface area (Å²) < 4.78 is 0. The first kappa shape index (κ1) is 11.7. The van der Waals surface area contributed by atoms with Gasteiger partial charge in [0, 0.05) is 18.3 Å². The SMILES string of the molecule is Cc1cccnc1CNC(=O)C1CC2CCC1N2. The molecule has 4 heteroatoms. The number of aryl methyl sites for hydroxylation is 1. The fourth-order valence-electron chi connectivity index (χ4n) is 3.12. The second-order valence-electron chi connectivity index (χ2n) is 5.37. The molecular formula is C14H19N3O. The van der Waals surface area contributed by atoms with Crippen molar-refractivity contribution in [2.75, 3.05) is 0 Å². The van der Waals surface area contributed by atoms with Crippen molar-refractivity contribution in [3.63, 3.8) is 0 Å². The highest BCUT2D eigenvalue weighted by atomic mass is 16.1. The minimum absolute atomic E-state index is 0.160. The van der Waals surface area contributed by atoms with E-state index in [1.165, 1.54) is 6.42 Å². The zero-order valence-corrected chi connectivity index (χ0v) is 10.6. The van der Waals surface area contributed by atoms with Crippen molar-refractivity contribution in [2.24, 2.45) is 5.92 Å². The fraction of sp³-hybridized carbons (Fsp3) is 0.571. The van der Waals surface area contributed by atoms with Crippen LogP contribution in [0.5, 0.6) is 0 Å². The van der Waals surface area contributed by atoms with Crippen LogP contribution in [0.15, 0.2) is 18.3 Å². The summed E-state index contributed by atoms with van der Waals surface area (Å²) in [4.78, 5) is 16.4. The van der Waals surface area contributed by atoms with Gasteiger partial charge in [-0.25, -0.2) is 0 Å². The number of fused-ring (bicyclic) bond motifs is 2. The van der Waals surface area contributed by atoms with E-state index in [1.807, 2.05) is 19.1 Å². The van der Waals surface area contributed by atoms with Gasteiger partial charge in [0.1, 0.15) is 0 Å². The third-order valence-electron chi connectivity index (χ3n) is 4.18. The Labute approximate surface area is 107 Å². The first-order valence-corrected chi connectivity index (χ1v) is 6.68. The lowest BCUT2D eigenvalue weighted by molar-refractivity contribution is -0.125. The molecule has 0 aliphatic carbocycles. The number of amides is 1. The number of hydrogen-bond acceptors (Lipinski definition) is 3. The molecule has 1 amide bonds. The Balaban J connectivity index is 1.58. The van der Waals surface area contributed by atoms with E-state index in [-0.39, 0.29) is 11.8 Å². The van der Waals surface area contributed by atoms with Crippen molar-refractivity contribution in [1.29, 1.82) is 0 Å². The van der Waals surface area contributed by atoms with Gasteiger partial charge in [-0.1, -0.05) is 6.07 Å². The smallest absolute Gasteiger partial charge is 0.225 e. The van der Waals surface area contributed by atoms with E-state index < -0.39 is 0 Å². The van der Waals surface area contributed by atoms with Crippen LogP contribution >= 0.6 is 0 Å². The van der Waals surface area contributed by atoms with E-state index in [2.05, 4.69) is 15.6 Å². The van der Waals surface area contributed by atoms with E-state index in [0.29, 0.717) is 18.6 Å². The summed E-state index contributed by atoms with van der Waals surface area (Å²) in [5.41, 5.74) is 2.09. The Kier molecular flexibility index (Phi) is 3.04. The lowest BCUT2D eigenvalue weighted by Gasteiger charge is -2.19. The number of nitrogens with zero attached hydrogens (tertiary/aromatic N) is 1. The molecule has 2 aliphatic heterocycles. The maximum atomic E-state index is 12.1. The molecular weight excluding hydrogens is 226 g/mol. The molecule has 18 heavy (non-hydrogen) atoms. The summed E-state index contributed by atoms with van der Waals surface area (Å²) in [6, 6.07) is 4.91. The van der Waals surface area contributed by atoms with Crippen LogP contribution in [-0.4, -0.2) is 23.0 Å². The molecule has 3 unspecified atom stereocenters. The third kappa shape index (κ3) is 2.12. The molecule has 2 N–H and O–H groups in total. The zero-order valence-electron chi connectivity index (χ0n) is 10.6. The molecule has 0 radical (unpaired) electrons. The van der Waals surface area contributed by atoms with E-state index in [0.717, 1.165) is 24.1 Å². The Morgan fingerprint density at radius 1 is 1.56 bits per heavy atom. The summed E-state index contributed by atoms with van der Waals surface area (Å²) in [5, 5.41) is 6.52. The predicted molar refractivity (Wildman–Crippen MR) is 68.9 cm³/mol. The molecule has 96 valence electrons. The van der Waals surface area contributed by atoms with Gasteiger partial charge in [0.25, 0.3) is 0 Å². The van der Waals surface area contributed by atoms with E-state index in [1.54, 1.807) is 6.20 Å². The molecule has 0 spiro atoms. The Morgan fingerprint density at radius 2 is 2.44 bits per heavy atom. The number of carbonyl (C=O) groups is 1. The maximum absolute atomic E-state index is 12.1. The first-order chi connectivity index (χ1) is 8.74. The molecule has 4 nitrogen and oxygen atoms in total. The predicted octanol–water partition coefficient (Wildman–Crippen LogP) is 1.15. The maximum Gasteiger partial charge on any atom is 0.225 e.